The van der Waals surface area contributed by atoms with Gasteiger partial charge in [0, 0.05) is 13.2 Å². The van der Waals surface area contributed by atoms with Gasteiger partial charge in [-0.3, -0.25) is 0 Å². The van der Waals surface area contributed by atoms with Crippen molar-refractivity contribution in [1.82, 2.24) is 0 Å². The van der Waals surface area contributed by atoms with Crippen LogP contribution in [-0.4, -0.2) is 21.8 Å². The highest BCUT2D eigenvalue weighted by Gasteiger charge is 2.36. The maximum absolute atomic E-state index is 6.70. The molecule has 0 aromatic rings. The molecule has 0 bridgehead atoms. The summed E-state index contributed by atoms with van der Waals surface area (Å²) in [5, 5.41) is 0. The minimum Gasteiger partial charge on any atom is -0.394 e. The first-order valence-corrected chi connectivity index (χ1v) is 18.8. The molecule has 0 aromatic carbocycles. The predicted molar refractivity (Wildman–Crippen MR) is 161 cm³/mol. The molecule has 0 heterocycles. The van der Waals surface area contributed by atoms with Gasteiger partial charge in [0.05, 0.1) is 0 Å². The summed E-state index contributed by atoms with van der Waals surface area (Å²) >= 11 is 0. The molecule has 0 spiro atoms. The fourth-order valence-corrected chi connectivity index (χ4v) is 8.54. The van der Waals surface area contributed by atoms with Gasteiger partial charge in [0.15, 0.2) is 0 Å². The Morgan fingerprint density at radius 1 is 0.314 bits per heavy atom. The third-order valence-electron chi connectivity index (χ3n) is 7.55. The van der Waals surface area contributed by atoms with Crippen LogP contribution < -0.4 is 0 Å². The molecule has 0 aliphatic carbocycles. The molecule has 0 atom stereocenters. The number of unbranched alkanes of at least 4 members (excludes halogenated alkanes) is 20. The summed E-state index contributed by atoms with van der Waals surface area (Å²) in [6.45, 7) is 11.0. The van der Waals surface area contributed by atoms with Crippen molar-refractivity contribution in [2.75, 3.05) is 13.2 Å². The average Bonchev–Trinajstić information content (AvgIpc) is 2.86. The maximum Gasteiger partial charge on any atom is 0.338 e. The molecule has 0 amide bonds. The van der Waals surface area contributed by atoms with Crippen molar-refractivity contribution >= 4 is 8.56 Å². The maximum atomic E-state index is 6.70. The van der Waals surface area contributed by atoms with Gasteiger partial charge in [-0.2, -0.15) is 0 Å². The molecule has 0 aliphatic rings. The smallest absolute Gasteiger partial charge is 0.338 e. The normalized spacial score (nSPS) is 12.0. The van der Waals surface area contributed by atoms with Crippen molar-refractivity contribution in [2.24, 2.45) is 0 Å². The quantitative estimate of drug-likeness (QED) is 0.0703. The van der Waals surface area contributed by atoms with E-state index in [9.17, 15) is 0 Å². The van der Waals surface area contributed by atoms with Crippen molar-refractivity contribution < 1.29 is 8.85 Å². The van der Waals surface area contributed by atoms with Gasteiger partial charge in [0.2, 0.25) is 0 Å². The lowest BCUT2D eigenvalue weighted by atomic mass is 10.1. The number of hydrogen-bond donors (Lipinski definition) is 0. The SMILES string of the molecule is CCCCCCCCCCCC[Si](CCCCCCCCCCCC)(OCCCC)OCCCC. The zero-order valence-electron chi connectivity index (χ0n) is 25.1. The third kappa shape index (κ3) is 24.2. The van der Waals surface area contributed by atoms with Crippen LogP contribution in [-0.2, 0) is 8.85 Å². The van der Waals surface area contributed by atoms with Gasteiger partial charge in [-0.05, 0) is 24.9 Å². The molecule has 35 heavy (non-hydrogen) atoms. The Bertz CT molecular complexity index is 352. The van der Waals surface area contributed by atoms with Crippen molar-refractivity contribution in [3.05, 3.63) is 0 Å². The number of rotatable bonds is 30. The summed E-state index contributed by atoms with van der Waals surface area (Å²) in [5.74, 6) is 0. The molecule has 0 saturated heterocycles. The Labute approximate surface area is 224 Å². The van der Waals surface area contributed by atoms with Crippen LogP contribution in [0.15, 0.2) is 0 Å². The van der Waals surface area contributed by atoms with E-state index < -0.39 is 8.56 Å². The molecule has 0 radical (unpaired) electrons. The standard InChI is InChI=1S/C32H68O2Si/c1-5-9-13-15-17-19-21-23-25-27-31-35(33-29-11-7-3,34-30-12-8-4)32-28-26-24-22-20-18-16-14-10-6-2/h5-32H2,1-4H3. The fraction of sp³-hybridized carbons (Fsp3) is 1.00. The minimum atomic E-state index is -2.05. The van der Waals surface area contributed by atoms with Crippen LogP contribution >= 0.6 is 0 Å². The molecular weight excluding hydrogens is 444 g/mol. The lowest BCUT2D eigenvalue weighted by molar-refractivity contribution is 0.161. The molecule has 0 N–H and O–H groups in total. The van der Waals surface area contributed by atoms with Crippen molar-refractivity contribution in [1.29, 1.82) is 0 Å². The van der Waals surface area contributed by atoms with E-state index in [1.807, 2.05) is 0 Å². The van der Waals surface area contributed by atoms with Crippen LogP contribution in [0.25, 0.3) is 0 Å². The van der Waals surface area contributed by atoms with Gasteiger partial charge >= 0.3 is 8.56 Å². The lowest BCUT2D eigenvalue weighted by Crippen LogP contribution is -2.42. The van der Waals surface area contributed by atoms with Gasteiger partial charge in [0.1, 0.15) is 0 Å². The third-order valence-corrected chi connectivity index (χ3v) is 11.2. The molecular formula is C32H68O2Si. The highest BCUT2D eigenvalue weighted by Crippen LogP contribution is 2.27. The summed E-state index contributed by atoms with van der Waals surface area (Å²) in [6.07, 6.45) is 32.9. The highest BCUT2D eigenvalue weighted by atomic mass is 28.4. The van der Waals surface area contributed by atoms with Crippen molar-refractivity contribution in [3.8, 4) is 0 Å². The second kappa shape index (κ2) is 28.7. The number of hydrogen-bond acceptors (Lipinski definition) is 2. The Morgan fingerprint density at radius 3 is 0.857 bits per heavy atom. The molecule has 2 nitrogen and oxygen atoms in total. The first kappa shape index (κ1) is 35.1. The van der Waals surface area contributed by atoms with Crippen molar-refractivity contribution in [2.45, 2.75) is 194 Å². The Kier molecular flexibility index (Phi) is 28.8. The summed E-state index contributed by atoms with van der Waals surface area (Å²) in [7, 11) is -2.05. The highest BCUT2D eigenvalue weighted by molar-refractivity contribution is 6.67. The van der Waals surface area contributed by atoms with Crippen LogP contribution in [0.2, 0.25) is 12.1 Å². The van der Waals surface area contributed by atoms with Gasteiger partial charge < -0.3 is 8.85 Å². The fourth-order valence-electron chi connectivity index (χ4n) is 5.02. The molecule has 0 aliphatic heterocycles. The van der Waals surface area contributed by atoms with Crippen LogP contribution in [0.4, 0.5) is 0 Å². The van der Waals surface area contributed by atoms with Gasteiger partial charge in [-0.25, -0.2) is 0 Å². The molecule has 0 saturated carbocycles. The van der Waals surface area contributed by atoms with Crippen LogP contribution in [0.5, 0.6) is 0 Å². The largest absolute Gasteiger partial charge is 0.394 e. The zero-order chi connectivity index (χ0) is 25.7. The van der Waals surface area contributed by atoms with Crippen LogP contribution in [0.3, 0.4) is 0 Å². The summed E-state index contributed by atoms with van der Waals surface area (Å²) < 4.78 is 13.4. The summed E-state index contributed by atoms with van der Waals surface area (Å²) in [5.41, 5.74) is 0. The van der Waals surface area contributed by atoms with E-state index in [1.165, 1.54) is 166 Å². The molecule has 212 valence electrons. The molecule has 0 aromatic heterocycles. The Balaban J connectivity index is 4.34. The second-order valence-corrected chi connectivity index (χ2v) is 14.6. The van der Waals surface area contributed by atoms with E-state index in [4.69, 9.17) is 8.85 Å². The summed E-state index contributed by atoms with van der Waals surface area (Å²) in [4.78, 5) is 0. The Morgan fingerprint density at radius 2 is 0.571 bits per heavy atom. The Hall–Kier alpha value is 0.137. The van der Waals surface area contributed by atoms with E-state index in [0.29, 0.717) is 0 Å². The first-order chi connectivity index (χ1) is 17.2. The monoisotopic (exact) mass is 512 g/mol. The van der Waals surface area contributed by atoms with Crippen molar-refractivity contribution in [3.63, 3.8) is 0 Å². The average molecular weight is 513 g/mol. The van der Waals surface area contributed by atoms with E-state index >= 15 is 0 Å². The predicted octanol–water partition coefficient (Wildman–Crippen LogP) is 11.9. The molecule has 3 heteroatoms. The molecule has 0 fully saturated rings. The zero-order valence-corrected chi connectivity index (χ0v) is 26.1. The summed E-state index contributed by atoms with van der Waals surface area (Å²) in [6, 6.07) is 2.46. The van der Waals surface area contributed by atoms with Gasteiger partial charge in [-0.15, -0.1) is 0 Å². The van der Waals surface area contributed by atoms with E-state index in [1.54, 1.807) is 0 Å². The topological polar surface area (TPSA) is 18.5 Å². The lowest BCUT2D eigenvalue weighted by Gasteiger charge is -2.31. The molecule has 0 unspecified atom stereocenters. The first-order valence-electron chi connectivity index (χ1n) is 16.5. The van der Waals surface area contributed by atoms with E-state index in [0.717, 1.165) is 13.2 Å². The van der Waals surface area contributed by atoms with Crippen LogP contribution in [0, 0.1) is 0 Å². The molecule has 0 rings (SSSR count). The van der Waals surface area contributed by atoms with E-state index in [-0.39, 0.29) is 0 Å². The van der Waals surface area contributed by atoms with Crippen LogP contribution in [0.1, 0.15) is 182 Å². The second-order valence-electron chi connectivity index (χ2n) is 11.2. The van der Waals surface area contributed by atoms with E-state index in [2.05, 4.69) is 27.7 Å². The van der Waals surface area contributed by atoms with Gasteiger partial charge in [-0.1, -0.05) is 169 Å². The minimum absolute atomic E-state index is 0.921. The van der Waals surface area contributed by atoms with Gasteiger partial charge in [0.25, 0.3) is 0 Å².